The summed E-state index contributed by atoms with van der Waals surface area (Å²) in [5, 5.41) is 0. The van der Waals surface area contributed by atoms with Gasteiger partial charge in [-0.05, 0) is 36.2 Å². The predicted octanol–water partition coefficient (Wildman–Crippen LogP) is 1.31. The molecule has 0 amide bonds. The Morgan fingerprint density at radius 1 is 0.674 bits per heavy atom. The van der Waals surface area contributed by atoms with Crippen LogP contribution in [0.5, 0.6) is 0 Å². The Hall–Kier alpha value is 1.00. The fourth-order valence-electron chi connectivity index (χ4n) is 5.38. The van der Waals surface area contributed by atoms with Gasteiger partial charge in [0.2, 0.25) is 0 Å². The van der Waals surface area contributed by atoms with Gasteiger partial charge in [-0.1, -0.05) is 115 Å². The minimum absolute atomic E-state index is 0. The number of aromatic nitrogens is 2. The van der Waals surface area contributed by atoms with Gasteiger partial charge in [-0.2, -0.15) is 0 Å². The van der Waals surface area contributed by atoms with E-state index in [0.717, 1.165) is 19.3 Å². The smallest absolute Gasteiger partial charge is 0.744 e. The number of rotatable bonds is 20. The minimum Gasteiger partial charge on any atom is -0.744 e. The van der Waals surface area contributed by atoms with Crippen LogP contribution in [0.3, 0.4) is 0 Å². The van der Waals surface area contributed by atoms with E-state index in [9.17, 15) is 25.9 Å². The van der Waals surface area contributed by atoms with Crippen molar-refractivity contribution in [2.45, 2.75) is 126 Å². The molecule has 0 unspecified atom stereocenters. The number of hydrogen-bond donors (Lipinski definition) is 0. The largest absolute Gasteiger partial charge is 1.00 e. The van der Waals surface area contributed by atoms with Crippen LogP contribution >= 0.6 is 0 Å². The third kappa shape index (κ3) is 14.8. The molecule has 12 heteroatoms. The maximum Gasteiger partial charge on any atom is 1.00 e. The Balaban J connectivity index is 0.00000462. The summed E-state index contributed by atoms with van der Waals surface area (Å²) in [5.41, 5.74) is 1.21. The Labute approximate surface area is 343 Å². The number of benzene rings is 2. The summed E-state index contributed by atoms with van der Waals surface area (Å²) < 4.78 is 72.2. The predicted molar refractivity (Wildman–Crippen MR) is 160 cm³/mol. The van der Waals surface area contributed by atoms with Crippen molar-refractivity contribution in [2.24, 2.45) is 0 Å². The van der Waals surface area contributed by atoms with Gasteiger partial charge in [-0.3, -0.25) is 0 Å². The first-order valence-electron chi connectivity index (χ1n) is 15.1. The molecule has 1 aromatic heterocycles. The fourth-order valence-corrected chi connectivity index (χ4v) is 6.57. The van der Waals surface area contributed by atoms with E-state index in [0.29, 0.717) is 23.3 Å². The van der Waals surface area contributed by atoms with Crippen LogP contribution in [0.15, 0.2) is 52.3 Å². The van der Waals surface area contributed by atoms with E-state index in [1.54, 1.807) is 16.7 Å². The summed E-state index contributed by atoms with van der Waals surface area (Å²) in [6.07, 6.45) is 19.5. The molecule has 0 atom stereocenters. The van der Waals surface area contributed by atoms with E-state index >= 15 is 0 Å². The molecule has 3 rings (SSSR count). The van der Waals surface area contributed by atoms with Gasteiger partial charge in [0.1, 0.15) is 26.1 Å². The Morgan fingerprint density at radius 2 is 1.19 bits per heavy atom. The third-order valence-electron chi connectivity index (χ3n) is 7.66. The standard InChI is InChI=1S/C31H46N2O6S2.2K/c1-2-3-4-5-6-7-8-9-10-11-12-13-14-15-16-21-31-32-28-23-22-27(40(34,35)36)24-29(28)33(31)25-26-19-17-18-20-30(26)41(37,38)39;;/h17-20,22-24H,2-16,21,25H2,1H3,(H,34,35,36)(H,37,38,39);;/q;2*+1/p-2. The van der Waals surface area contributed by atoms with Crippen LogP contribution in [-0.2, 0) is 33.2 Å². The topological polar surface area (TPSA) is 132 Å². The van der Waals surface area contributed by atoms with Gasteiger partial charge < -0.3 is 13.7 Å². The summed E-state index contributed by atoms with van der Waals surface area (Å²) in [6.45, 7) is 2.27. The second kappa shape index (κ2) is 21.8. The zero-order valence-electron chi connectivity index (χ0n) is 26.2. The molecular formula is C31H44K2N2O6S2. The fraction of sp³-hybridized carbons (Fsp3) is 0.581. The summed E-state index contributed by atoms with van der Waals surface area (Å²) in [5.74, 6) is 0.660. The van der Waals surface area contributed by atoms with Gasteiger partial charge in [0.25, 0.3) is 0 Å². The number of fused-ring (bicyclic) bond motifs is 1. The molecule has 3 aromatic rings. The van der Waals surface area contributed by atoms with Crippen molar-refractivity contribution in [3.8, 4) is 0 Å². The number of aryl methyl sites for hydroxylation is 1. The van der Waals surface area contributed by atoms with Crippen LogP contribution in [0.4, 0.5) is 0 Å². The van der Waals surface area contributed by atoms with Gasteiger partial charge >= 0.3 is 103 Å². The van der Waals surface area contributed by atoms with Crippen molar-refractivity contribution in [1.29, 1.82) is 0 Å². The molecule has 0 aliphatic rings. The van der Waals surface area contributed by atoms with Crippen LogP contribution in [0.2, 0.25) is 0 Å². The van der Waals surface area contributed by atoms with Crippen molar-refractivity contribution in [1.82, 2.24) is 9.55 Å². The molecule has 0 N–H and O–H groups in total. The molecule has 0 radical (unpaired) electrons. The molecular weight excluding hydrogens is 639 g/mol. The Bertz CT molecular complexity index is 1460. The second-order valence-corrected chi connectivity index (χ2v) is 13.7. The molecule has 0 bridgehead atoms. The van der Waals surface area contributed by atoms with Crippen LogP contribution in [0.25, 0.3) is 11.0 Å². The monoisotopic (exact) mass is 682 g/mol. The van der Waals surface area contributed by atoms with Crippen molar-refractivity contribution in [3.05, 3.63) is 53.9 Å². The van der Waals surface area contributed by atoms with Crippen molar-refractivity contribution >= 4 is 31.3 Å². The van der Waals surface area contributed by atoms with Crippen molar-refractivity contribution in [3.63, 3.8) is 0 Å². The molecule has 43 heavy (non-hydrogen) atoms. The van der Waals surface area contributed by atoms with Gasteiger partial charge in [-0.15, -0.1) is 0 Å². The zero-order chi connectivity index (χ0) is 29.7. The first-order chi connectivity index (χ1) is 19.6. The van der Waals surface area contributed by atoms with Crippen molar-refractivity contribution < 1.29 is 129 Å². The zero-order valence-corrected chi connectivity index (χ0v) is 34.1. The molecule has 0 fully saturated rings. The van der Waals surface area contributed by atoms with Crippen LogP contribution < -0.4 is 103 Å². The summed E-state index contributed by atoms with van der Waals surface area (Å²) in [4.78, 5) is 3.96. The van der Waals surface area contributed by atoms with Gasteiger partial charge in [0.15, 0.2) is 0 Å². The molecule has 1 heterocycles. The first kappa shape index (κ1) is 42.0. The van der Waals surface area contributed by atoms with E-state index in [-0.39, 0.29) is 125 Å². The molecule has 0 aliphatic heterocycles. The Kier molecular flexibility index (Phi) is 21.3. The van der Waals surface area contributed by atoms with Gasteiger partial charge in [0, 0.05) is 6.42 Å². The normalized spacial score (nSPS) is 11.8. The Morgan fingerprint density at radius 3 is 1.70 bits per heavy atom. The SMILES string of the molecule is CCCCCCCCCCCCCCCCCc1nc2ccc(S(=O)(=O)[O-])cc2n1Cc1ccccc1S(=O)(=O)[O-].[K+].[K+]. The quantitative estimate of drug-likeness (QED) is 0.0998. The number of hydrogen-bond acceptors (Lipinski definition) is 7. The van der Waals surface area contributed by atoms with Crippen molar-refractivity contribution in [2.75, 3.05) is 0 Å². The first-order valence-corrected chi connectivity index (χ1v) is 17.9. The summed E-state index contributed by atoms with van der Waals surface area (Å²) in [6, 6.07) is 9.94. The van der Waals surface area contributed by atoms with E-state index < -0.39 is 20.2 Å². The van der Waals surface area contributed by atoms with Crippen LogP contribution in [0.1, 0.15) is 115 Å². The summed E-state index contributed by atoms with van der Waals surface area (Å²) in [7, 11) is -9.39. The molecule has 0 spiro atoms. The molecule has 8 nitrogen and oxygen atoms in total. The van der Waals surface area contributed by atoms with Crippen LogP contribution in [0, 0.1) is 0 Å². The molecule has 228 valence electrons. The van der Waals surface area contributed by atoms with E-state index in [1.165, 1.54) is 107 Å². The van der Waals surface area contributed by atoms with E-state index in [4.69, 9.17) is 0 Å². The average Bonchev–Trinajstić information content (AvgIpc) is 3.26. The minimum atomic E-state index is -4.71. The second-order valence-electron chi connectivity index (χ2n) is 11.0. The number of imidazole rings is 1. The molecule has 0 saturated carbocycles. The molecule has 0 saturated heterocycles. The summed E-state index contributed by atoms with van der Waals surface area (Å²) >= 11 is 0. The van der Waals surface area contributed by atoms with Gasteiger partial charge in [-0.25, -0.2) is 21.8 Å². The average molecular weight is 683 g/mol. The maximum absolute atomic E-state index is 11.8. The number of nitrogens with zero attached hydrogens (tertiary/aromatic N) is 2. The maximum atomic E-state index is 11.8. The molecule has 0 aliphatic carbocycles. The third-order valence-corrected chi connectivity index (χ3v) is 9.43. The van der Waals surface area contributed by atoms with E-state index in [1.807, 2.05) is 0 Å². The molecule has 2 aromatic carbocycles. The van der Waals surface area contributed by atoms with E-state index in [2.05, 4.69) is 11.9 Å². The van der Waals surface area contributed by atoms with Crippen LogP contribution in [-0.4, -0.2) is 35.5 Å². The number of unbranched alkanes of at least 4 members (excludes halogenated alkanes) is 14. The van der Waals surface area contributed by atoms with Gasteiger partial charge in [0.05, 0.1) is 27.4 Å².